The van der Waals surface area contributed by atoms with Gasteiger partial charge in [-0.15, -0.1) is 0 Å². The molecule has 0 aliphatic carbocycles. The highest BCUT2D eigenvalue weighted by atomic mass is 16.5. The number of fused-ring (bicyclic) bond motifs is 1. The molecule has 2 rings (SSSR count). The molecule has 0 spiro atoms. The molecule has 0 aromatic heterocycles. The number of carbonyl (C=O) groups is 1. The Morgan fingerprint density at radius 1 is 1.18 bits per heavy atom. The van der Waals surface area contributed by atoms with Crippen molar-refractivity contribution in [2.75, 3.05) is 0 Å². The van der Waals surface area contributed by atoms with Gasteiger partial charge < -0.3 is 4.74 Å². The van der Waals surface area contributed by atoms with Gasteiger partial charge >= 0.3 is 5.97 Å². The van der Waals surface area contributed by atoms with Crippen molar-refractivity contribution in [2.45, 2.75) is 53.9 Å². The molecular weight excluding hydrogens is 272 g/mol. The summed E-state index contributed by atoms with van der Waals surface area (Å²) in [4.78, 5) is 12.2. The Morgan fingerprint density at radius 3 is 2.41 bits per heavy atom. The van der Waals surface area contributed by atoms with Crippen LogP contribution in [0.15, 0.2) is 30.3 Å². The van der Waals surface area contributed by atoms with Crippen LogP contribution in [-0.4, -0.2) is 5.97 Å². The van der Waals surface area contributed by atoms with Crippen molar-refractivity contribution < 1.29 is 9.53 Å². The molecule has 0 unspecified atom stereocenters. The van der Waals surface area contributed by atoms with Crippen LogP contribution in [0.4, 0.5) is 0 Å². The molecule has 0 heterocycles. The highest BCUT2D eigenvalue weighted by Crippen LogP contribution is 2.33. The monoisotopic (exact) mass is 298 g/mol. The molecule has 0 saturated heterocycles. The second-order valence-corrected chi connectivity index (χ2v) is 7.18. The average Bonchev–Trinajstić information content (AvgIpc) is 2.44. The van der Waals surface area contributed by atoms with E-state index in [1.165, 1.54) is 16.5 Å². The van der Waals surface area contributed by atoms with Gasteiger partial charge in [-0.3, -0.25) is 4.79 Å². The van der Waals surface area contributed by atoms with E-state index in [9.17, 15) is 4.79 Å². The van der Waals surface area contributed by atoms with E-state index in [1.807, 2.05) is 32.9 Å². The Labute approximate surface area is 133 Å². The molecule has 0 saturated carbocycles. The zero-order valence-electron chi connectivity index (χ0n) is 14.5. The first-order valence-corrected chi connectivity index (χ1v) is 8.02. The molecule has 0 amide bonds. The van der Waals surface area contributed by atoms with E-state index < -0.39 is 5.41 Å². The van der Waals surface area contributed by atoms with Crippen molar-refractivity contribution in [1.82, 2.24) is 0 Å². The van der Waals surface area contributed by atoms with Crippen molar-refractivity contribution in [3.8, 4) is 5.75 Å². The Bertz CT molecular complexity index is 691. The van der Waals surface area contributed by atoms with Gasteiger partial charge in [0.05, 0.1) is 5.41 Å². The van der Waals surface area contributed by atoms with E-state index in [2.05, 4.69) is 39.0 Å². The number of hydrogen-bond donors (Lipinski definition) is 0. The van der Waals surface area contributed by atoms with E-state index in [0.717, 1.165) is 11.8 Å². The van der Waals surface area contributed by atoms with Gasteiger partial charge in [-0.25, -0.2) is 0 Å². The molecular formula is C20H26O2. The summed E-state index contributed by atoms with van der Waals surface area (Å²) in [5, 5.41) is 2.44. The van der Waals surface area contributed by atoms with Crippen LogP contribution in [0, 0.1) is 5.41 Å². The summed E-state index contributed by atoms with van der Waals surface area (Å²) in [7, 11) is 0. The molecule has 0 N–H and O–H groups in total. The molecule has 0 aliphatic heterocycles. The van der Waals surface area contributed by atoms with Crippen LogP contribution in [-0.2, 0) is 11.2 Å². The lowest BCUT2D eigenvalue weighted by atomic mass is 9.91. The highest BCUT2D eigenvalue weighted by Gasteiger charge is 2.24. The quantitative estimate of drug-likeness (QED) is 0.554. The summed E-state index contributed by atoms with van der Waals surface area (Å²) >= 11 is 0. The van der Waals surface area contributed by atoms with Crippen molar-refractivity contribution in [1.29, 1.82) is 0 Å². The predicted octanol–water partition coefficient (Wildman–Crippen LogP) is 5.48. The Balaban J connectivity index is 2.58. The van der Waals surface area contributed by atoms with Gasteiger partial charge in [0.25, 0.3) is 0 Å². The van der Waals surface area contributed by atoms with E-state index in [-0.39, 0.29) is 5.97 Å². The van der Waals surface area contributed by atoms with Gasteiger partial charge in [-0.1, -0.05) is 39.0 Å². The summed E-state index contributed by atoms with van der Waals surface area (Å²) in [6.07, 6.45) is 0.998. The fourth-order valence-corrected chi connectivity index (χ4v) is 2.58. The molecule has 0 atom stereocenters. The van der Waals surface area contributed by atoms with E-state index >= 15 is 0 Å². The predicted molar refractivity (Wildman–Crippen MR) is 92.5 cm³/mol. The van der Waals surface area contributed by atoms with Crippen LogP contribution in [0.5, 0.6) is 5.75 Å². The normalized spacial score (nSPS) is 12.0. The zero-order valence-corrected chi connectivity index (χ0v) is 14.5. The molecule has 2 aromatic carbocycles. The molecule has 0 aliphatic rings. The van der Waals surface area contributed by atoms with Gasteiger partial charge in [-0.05, 0) is 67.1 Å². The lowest BCUT2D eigenvalue weighted by Gasteiger charge is -2.19. The Kier molecular flexibility index (Phi) is 4.60. The minimum atomic E-state index is -0.502. The largest absolute Gasteiger partial charge is 0.426 e. The highest BCUT2D eigenvalue weighted by molar-refractivity contribution is 5.91. The summed E-state index contributed by atoms with van der Waals surface area (Å²) in [5.74, 6) is 0.820. The average molecular weight is 298 g/mol. The first-order chi connectivity index (χ1) is 10.2. The lowest BCUT2D eigenvalue weighted by Crippen LogP contribution is -2.25. The molecule has 2 aromatic rings. The van der Waals surface area contributed by atoms with E-state index in [0.29, 0.717) is 11.7 Å². The summed E-state index contributed by atoms with van der Waals surface area (Å²) in [5.41, 5.74) is 2.08. The van der Waals surface area contributed by atoms with Crippen molar-refractivity contribution in [3.63, 3.8) is 0 Å². The van der Waals surface area contributed by atoms with E-state index in [1.54, 1.807) is 0 Å². The first kappa shape index (κ1) is 16.5. The van der Waals surface area contributed by atoms with Gasteiger partial charge in [0.15, 0.2) is 0 Å². The number of esters is 1. The molecule has 0 fully saturated rings. The minimum absolute atomic E-state index is 0.201. The third-order valence-electron chi connectivity index (χ3n) is 3.89. The number of benzene rings is 2. The van der Waals surface area contributed by atoms with Gasteiger partial charge in [0, 0.05) is 0 Å². The van der Waals surface area contributed by atoms with Crippen LogP contribution in [0.2, 0.25) is 0 Å². The van der Waals surface area contributed by atoms with Crippen LogP contribution < -0.4 is 4.74 Å². The maximum absolute atomic E-state index is 12.2. The fraction of sp³-hybridized carbons (Fsp3) is 0.450. The van der Waals surface area contributed by atoms with Crippen LogP contribution >= 0.6 is 0 Å². The molecule has 0 radical (unpaired) electrons. The maximum Gasteiger partial charge on any atom is 0.316 e. The smallest absolute Gasteiger partial charge is 0.316 e. The topological polar surface area (TPSA) is 26.3 Å². The van der Waals surface area contributed by atoms with Gasteiger partial charge in [-0.2, -0.15) is 0 Å². The second-order valence-electron chi connectivity index (χ2n) is 7.18. The SMILES string of the molecule is CCc1cccc2cc(OC(=O)C(C)(C)C)cc(C(C)C)c12. The molecule has 22 heavy (non-hydrogen) atoms. The van der Waals surface area contributed by atoms with Crippen molar-refractivity contribution in [2.24, 2.45) is 5.41 Å². The minimum Gasteiger partial charge on any atom is -0.426 e. The second kappa shape index (κ2) is 6.12. The van der Waals surface area contributed by atoms with Gasteiger partial charge in [0.2, 0.25) is 0 Å². The summed E-state index contributed by atoms with van der Waals surface area (Å²) in [6, 6.07) is 10.3. The van der Waals surface area contributed by atoms with E-state index in [4.69, 9.17) is 4.74 Å². The first-order valence-electron chi connectivity index (χ1n) is 8.02. The Morgan fingerprint density at radius 2 is 1.86 bits per heavy atom. The molecule has 0 bridgehead atoms. The number of ether oxygens (including phenoxy) is 1. The number of hydrogen-bond acceptors (Lipinski definition) is 2. The third-order valence-corrected chi connectivity index (χ3v) is 3.89. The standard InChI is InChI=1S/C20H26O2/c1-7-14-9-8-10-15-11-16(22-19(21)20(4,5)6)12-17(13(2)3)18(14)15/h8-13H,7H2,1-6H3. The zero-order chi connectivity index (χ0) is 16.5. The maximum atomic E-state index is 12.2. The summed E-state index contributed by atoms with van der Waals surface area (Å²) < 4.78 is 5.61. The fourth-order valence-electron chi connectivity index (χ4n) is 2.58. The van der Waals surface area contributed by atoms with Crippen LogP contribution in [0.25, 0.3) is 10.8 Å². The van der Waals surface area contributed by atoms with Crippen LogP contribution in [0.1, 0.15) is 58.6 Å². The molecule has 2 nitrogen and oxygen atoms in total. The Hall–Kier alpha value is -1.83. The van der Waals surface area contributed by atoms with Crippen molar-refractivity contribution >= 4 is 16.7 Å². The molecule has 2 heteroatoms. The number of rotatable bonds is 3. The van der Waals surface area contributed by atoms with Gasteiger partial charge in [0.1, 0.15) is 5.75 Å². The van der Waals surface area contributed by atoms with Crippen molar-refractivity contribution in [3.05, 3.63) is 41.5 Å². The summed E-state index contributed by atoms with van der Waals surface area (Å²) in [6.45, 7) is 12.1. The molecule has 118 valence electrons. The third kappa shape index (κ3) is 3.32. The number of carbonyl (C=O) groups excluding carboxylic acids is 1. The van der Waals surface area contributed by atoms with Crippen LogP contribution in [0.3, 0.4) is 0 Å². The lowest BCUT2D eigenvalue weighted by molar-refractivity contribution is -0.142. The number of aryl methyl sites for hydroxylation is 1.